The Kier molecular flexibility index (Phi) is 9.11. The molecule has 0 aliphatic rings. The molecular weight excluding hydrogens is 402 g/mol. The van der Waals surface area contributed by atoms with Gasteiger partial charge in [0.15, 0.2) is 5.78 Å². The van der Waals surface area contributed by atoms with Gasteiger partial charge in [-0.15, -0.1) is 12.4 Å². The van der Waals surface area contributed by atoms with Crippen LogP contribution in [0.1, 0.15) is 27.0 Å². The predicted octanol–water partition coefficient (Wildman–Crippen LogP) is 4.63. The third-order valence-corrected chi connectivity index (χ3v) is 4.26. The first-order valence-corrected chi connectivity index (χ1v) is 8.87. The zero-order valence-corrected chi connectivity index (χ0v) is 17.9. The highest BCUT2D eigenvalue weighted by Crippen LogP contribution is 2.27. The summed E-state index contributed by atoms with van der Waals surface area (Å²) in [6.45, 7) is 0.993. The number of hydrogen-bond donors (Lipinski definition) is 1. The van der Waals surface area contributed by atoms with Crippen molar-refractivity contribution < 1.29 is 14.3 Å². The number of hydrogen-bond acceptors (Lipinski definition) is 4. The van der Waals surface area contributed by atoms with Crippen molar-refractivity contribution in [3.8, 4) is 5.75 Å². The number of halogens is 3. The second-order valence-corrected chi connectivity index (χ2v) is 7.36. The van der Waals surface area contributed by atoms with E-state index in [0.717, 1.165) is 0 Å². The van der Waals surface area contributed by atoms with E-state index in [9.17, 15) is 14.3 Å². The standard InChI is InChI=1S/C21H24ClFN2O2.ClH/c1-24(2)12-15-10-14(11-16(21(15)27)13-25(3)4)20(26)9-8-17-18(22)6-5-7-19(17)23;/h5-11,27H,12-13H2,1-4H3;1H. The van der Waals surface area contributed by atoms with E-state index in [0.29, 0.717) is 29.8 Å². The Morgan fingerprint density at radius 3 is 2.11 bits per heavy atom. The number of phenols is 1. The van der Waals surface area contributed by atoms with Gasteiger partial charge in [0.1, 0.15) is 11.6 Å². The molecule has 0 saturated heterocycles. The van der Waals surface area contributed by atoms with Crippen molar-refractivity contribution in [2.75, 3.05) is 28.2 Å². The molecule has 0 aliphatic heterocycles. The van der Waals surface area contributed by atoms with E-state index in [2.05, 4.69) is 0 Å². The molecule has 0 atom stereocenters. The molecule has 2 rings (SSSR count). The maximum atomic E-state index is 13.9. The Bertz CT molecular complexity index is 816. The molecule has 152 valence electrons. The molecule has 7 heteroatoms. The molecule has 0 saturated carbocycles. The average molecular weight is 427 g/mol. The normalized spacial score (nSPS) is 11.3. The number of rotatable bonds is 7. The third-order valence-electron chi connectivity index (χ3n) is 3.93. The molecule has 1 N–H and O–H groups in total. The molecule has 0 radical (unpaired) electrons. The molecule has 0 unspecified atom stereocenters. The lowest BCUT2D eigenvalue weighted by molar-refractivity contribution is 0.104. The minimum absolute atomic E-state index is 0. The highest BCUT2D eigenvalue weighted by atomic mass is 35.5. The highest BCUT2D eigenvalue weighted by Gasteiger charge is 2.15. The third kappa shape index (κ3) is 6.31. The van der Waals surface area contributed by atoms with Crippen molar-refractivity contribution in [1.29, 1.82) is 0 Å². The summed E-state index contributed by atoms with van der Waals surface area (Å²) in [5, 5.41) is 10.8. The van der Waals surface area contributed by atoms with Gasteiger partial charge >= 0.3 is 0 Å². The van der Waals surface area contributed by atoms with E-state index in [1.54, 1.807) is 18.2 Å². The van der Waals surface area contributed by atoms with Crippen LogP contribution < -0.4 is 0 Å². The van der Waals surface area contributed by atoms with Gasteiger partial charge < -0.3 is 14.9 Å². The van der Waals surface area contributed by atoms with Crippen LogP contribution in [0.25, 0.3) is 6.08 Å². The maximum Gasteiger partial charge on any atom is 0.185 e. The van der Waals surface area contributed by atoms with Crippen LogP contribution >= 0.6 is 24.0 Å². The molecule has 28 heavy (non-hydrogen) atoms. The van der Waals surface area contributed by atoms with Crippen molar-refractivity contribution in [1.82, 2.24) is 9.80 Å². The van der Waals surface area contributed by atoms with Gasteiger partial charge in [-0.2, -0.15) is 0 Å². The second-order valence-electron chi connectivity index (χ2n) is 6.95. The molecule has 2 aromatic carbocycles. The van der Waals surface area contributed by atoms with Gasteiger partial charge in [0.25, 0.3) is 0 Å². The summed E-state index contributed by atoms with van der Waals surface area (Å²) in [7, 11) is 7.55. The van der Waals surface area contributed by atoms with E-state index >= 15 is 0 Å². The van der Waals surface area contributed by atoms with E-state index in [4.69, 9.17) is 11.6 Å². The highest BCUT2D eigenvalue weighted by molar-refractivity contribution is 6.32. The number of aromatic hydroxyl groups is 1. The Morgan fingerprint density at radius 1 is 1.11 bits per heavy atom. The van der Waals surface area contributed by atoms with Crippen LogP contribution in [0.2, 0.25) is 5.02 Å². The van der Waals surface area contributed by atoms with Gasteiger partial charge in [-0.3, -0.25) is 4.79 Å². The lowest BCUT2D eigenvalue weighted by Crippen LogP contribution is -2.15. The smallest absolute Gasteiger partial charge is 0.185 e. The fourth-order valence-corrected chi connectivity index (χ4v) is 2.98. The second kappa shape index (κ2) is 10.6. The van der Waals surface area contributed by atoms with Crippen molar-refractivity contribution >= 4 is 35.9 Å². The summed E-state index contributed by atoms with van der Waals surface area (Å²) >= 11 is 6.00. The maximum absolute atomic E-state index is 13.9. The Balaban J connectivity index is 0.00000392. The monoisotopic (exact) mass is 426 g/mol. The van der Waals surface area contributed by atoms with Gasteiger partial charge in [0.2, 0.25) is 0 Å². The zero-order chi connectivity index (χ0) is 20.1. The largest absolute Gasteiger partial charge is 0.507 e. The molecule has 4 nitrogen and oxygen atoms in total. The number of carbonyl (C=O) groups excluding carboxylic acids is 1. The fraction of sp³-hybridized carbons (Fsp3) is 0.286. The lowest BCUT2D eigenvalue weighted by atomic mass is 10.00. The molecular formula is C21H25Cl2FN2O2. The summed E-state index contributed by atoms with van der Waals surface area (Å²) in [4.78, 5) is 16.5. The van der Waals surface area contributed by atoms with Crippen molar-refractivity contribution in [2.45, 2.75) is 13.1 Å². The first-order chi connectivity index (χ1) is 12.7. The minimum atomic E-state index is -0.487. The lowest BCUT2D eigenvalue weighted by Gasteiger charge is -2.17. The van der Waals surface area contributed by atoms with Crippen LogP contribution in [0.4, 0.5) is 4.39 Å². The first kappa shape index (κ1) is 24.1. The van der Waals surface area contributed by atoms with Crippen LogP contribution in [0, 0.1) is 5.82 Å². The summed E-state index contributed by atoms with van der Waals surface area (Å²) in [6.07, 6.45) is 2.68. The van der Waals surface area contributed by atoms with Crippen LogP contribution in [-0.2, 0) is 13.1 Å². The fourth-order valence-electron chi connectivity index (χ4n) is 2.75. The van der Waals surface area contributed by atoms with Crippen LogP contribution in [0.5, 0.6) is 5.75 Å². The van der Waals surface area contributed by atoms with E-state index in [-0.39, 0.29) is 34.5 Å². The average Bonchev–Trinajstić information content (AvgIpc) is 2.56. The number of allylic oxidation sites excluding steroid dienone is 1. The molecule has 0 aromatic heterocycles. The number of nitrogens with zero attached hydrogens (tertiary/aromatic N) is 2. The van der Waals surface area contributed by atoms with Crippen molar-refractivity contribution in [3.05, 3.63) is 69.5 Å². The number of carbonyl (C=O) groups is 1. The minimum Gasteiger partial charge on any atom is -0.507 e. The van der Waals surface area contributed by atoms with Gasteiger partial charge in [0, 0.05) is 35.3 Å². The van der Waals surface area contributed by atoms with Crippen LogP contribution in [-0.4, -0.2) is 48.9 Å². The van der Waals surface area contributed by atoms with Crippen LogP contribution in [0.15, 0.2) is 36.4 Å². The van der Waals surface area contributed by atoms with E-state index in [1.807, 2.05) is 38.0 Å². The topological polar surface area (TPSA) is 43.8 Å². The Hall–Kier alpha value is -1.92. The Morgan fingerprint density at radius 2 is 1.64 bits per heavy atom. The quantitative estimate of drug-likeness (QED) is 0.517. The number of phenolic OH excluding ortho intramolecular Hbond substituents is 1. The molecule has 0 heterocycles. The van der Waals surface area contributed by atoms with E-state index in [1.165, 1.54) is 24.3 Å². The van der Waals surface area contributed by atoms with Gasteiger partial charge in [-0.1, -0.05) is 17.7 Å². The van der Waals surface area contributed by atoms with Gasteiger partial charge in [0.05, 0.1) is 5.02 Å². The van der Waals surface area contributed by atoms with Crippen molar-refractivity contribution in [3.63, 3.8) is 0 Å². The Labute approximate surface area is 176 Å². The van der Waals surface area contributed by atoms with E-state index < -0.39 is 5.82 Å². The summed E-state index contributed by atoms with van der Waals surface area (Å²) in [5.41, 5.74) is 1.94. The molecule has 0 aliphatic carbocycles. The molecule has 2 aromatic rings. The predicted molar refractivity (Wildman–Crippen MR) is 115 cm³/mol. The van der Waals surface area contributed by atoms with Crippen molar-refractivity contribution in [2.24, 2.45) is 0 Å². The number of ketones is 1. The molecule has 0 bridgehead atoms. The summed E-state index contributed by atoms with van der Waals surface area (Å²) in [5.74, 6) is -0.580. The molecule has 0 amide bonds. The SMILES string of the molecule is CN(C)Cc1cc(C(=O)C=Cc2c(F)cccc2Cl)cc(CN(C)C)c1O.Cl. The first-order valence-electron chi connectivity index (χ1n) is 8.49. The summed E-state index contributed by atoms with van der Waals surface area (Å²) in [6, 6.07) is 7.72. The summed E-state index contributed by atoms with van der Waals surface area (Å²) < 4.78 is 13.9. The molecule has 0 spiro atoms. The van der Waals surface area contributed by atoms with Crippen LogP contribution in [0.3, 0.4) is 0 Å². The van der Waals surface area contributed by atoms with Gasteiger partial charge in [-0.05, 0) is 64.6 Å². The van der Waals surface area contributed by atoms with Gasteiger partial charge in [-0.25, -0.2) is 4.39 Å². The zero-order valence-electron chi connectivity index (χ0n) is 16.4. The number of benzene rings is 2. The molecule has 0 fully saturated rings.